The maximum atomic E-state index is 12.6. The van der Waals surface area contributed by atoms with Crippen LogP contribution < -0.4 is 20.3 Å². The van der Waals surface area contributed by atoms with Crippen molar-refractivity contribution in [2.24, 2.45) is 0 Å². The number of carbonyl (C=O) groups is 2. The molecule has 1 heterocycles. The lowest BCUT2D eigenvalue weighted by Gasteiger charge is -2.15. The van der Waals surface area contributed by atoms with Crippen LogP contribution >= 0.6 is 0 Å². The summed E-state index contributed by atoms with van der Waals surface area (Å²) >= 11 is 0. The number of carbonyl (C=O) groups excluding carboxylic acids is 2. The van der Waals surface area contributed by atoms with Crippen LogP contribution in [0, 0.1) is 0 Å². The summed E-state index contributed by atoms with van der Waals surface area (Å²) in [4.78, 5) is 41.4. The molecule has 29 heavy (non-hydrogen) atoms. The zero-order chi connectivity index (χ0) is 21.0. The summed E-state index contributed by atoms with van der Waals surface area (Å²) < 4.78 is 16.4. The van der Waals surface area contributed by atoms with Crippen molar-refractivity contribution in [2.45, 2.75) is 6.54 Å². The lowest BCUT2D eigenvalue weighted by molar-refractivity contribution is -0.116. The minimum atomic E-state index is -0.661. The van der Waals surface area contributed by atoms with Gasteiger partial charge in [0.25, 0.3) is 5.56 Å². The Morgan fingerprint density at radius 3 is 2.45 bits per heavy atom. The van der Waals surface area contributed by atoms with Gasteiger partial charge in [0.05, 0.1) is 49.8 Å². The Bertz CT molecular complexity index is 1140. The van der Waals surface area contributed by atoms with Gasteiger partial charge >= 0.3 is 5.97 Å². The molecule has 0 fully saturated rings. The number of anilines is 1. The van der Waals surface area contributed by atoms with E-state index in [-0.39, 0.29) is 23.4 Å². The Labute approximate surface area is 165 Å². The number of para-hydroxylation sites is 1. The molecule has 2 aromatic carbocycles. The molecule has 0 aliphatic heterocycles. The van der Waals surface area contributed by atoms with E-state index in [2.05, 4.69) is 10.3 Å². The Hall–Kier alpha value is -3.88. The van der Waals surface area contributed by atoms with E-state index < -0.39 is 11.9 Å². The minimum Gasteiger partial charge on any atom is -0.493 e. The lowest BCUT2D eigenvalue weighted by Crippen LogP contribution is -2.28. The highest BCUT2D eigenvalue weighted by molar-refractivity contribution is 6.02. The molecule has 0 saturated carbocycles. The van der Waals surface area contributed by atoms with E-state index in [4.69, 9.17) is 14.2 Å². The first-order valence-corrected chi connectivity index (χ1v) is 8.56. The van der Waals surface area contributed by atoms with E-state index in [9.17, 15) is 14.4 Å². The summed E-state index contributed by atoms with van der Waals surface area (Å²) in [7, 11) is 4.09. The van der Waals surface area contributed by atoms with Crippen LogP contribution in [0.25, 0.3) is 10.9 Å². The van der Waals surface area contributed by atoms with E-state index in [0.717, 1.165) is 0 Å². The van der Waals surface area contributed by atoms with Gasteiger partial charge in [-0.25, -0.2) is 9.78 Å². The predicted molar refractivity (Wildman–Crippen MR) is 106 cm³/mol. The van der Waals surface area contributed by atoms with Crippen LogP contribution in [0.15, 0.2) is 47.5 Å². The number of benzene rings is 2. The molecule has 0 aliphatic carbocycles. The fraction of sp³-hybridized carbons (Fsp3) is 0.200. The highest BCUT2D eigenvalue weighted by Crippen LogP contribution is 2.33. The maximum absolute atomic E-state index is 12.6. The quantitative estimate of drug-likeness (QED) is 0.632. The molecule has 1 aromatic heterocycles. The van der Waals surface area contributed by atoms with Gasteiger partial charge in [-0.1, -0.05) is 12.1 Å². The number of nitrogens with zero attached hydrogens (tertiary/aromatic N) is 2. The topological polar surface area (TPSA) is 109 Å². The second-order valence-corrected chi connectivity index (χ2v) is 5.99. The molecule has 150 valence electrons. The molecule has 3 rings (SSSR count). The molecule has 0 aliphatic rings. The number of hydrogen-bond donors (Lipinski definition) is 1. The van der Waals surface area contributed by atoms with Crippen LogP contribution in [0.2, 0.25) is 0 Å². The van der Waals surface area contributed by atoms with Gasteiger partial charge in [-0.05, 0) is 12.1 Å². The lowest BCUT2D eigenvalue weighted by atomic mass is 10.1. The van der Waals surface area contributed by atoms with E-state index in [1.54, 1.807) is 24.3 Å². The average Bonchev–Trinajstić information content (AvgIpc) is 2.75. The number of ether oxygens (including phenoxy) is 3. The zero-order valence-electron chi connectivity index (χ0n) is 16.1. The van der Waals surface area contributed by atoms with Crippen LogP contribution in [0.3, 0.4) is 0 Å². The predicted octanol–water partition coefficient (Wildman–Crippen LogP) is 1.84. The molecule has 0 spiro atoms. The van der Waals surface area contributed by atoms with E-state index in [0.29, 0.717) is 22.4 Å². The summed E-state index contributed by atoms with van der Waals surface area (Å²) in [5.41, 5.74) is 0.456. The van der Waals surface area contributed by atoms with Gasteiger partial charge in [0, 0.05) is 12.1 Å². The Balaban J connectivity index is 1.91. The molecule has 0 unspecified atom stereocenters. The number of hydrogen-bond acceptors (Lipinski definition) is 7. The van der Waals surface area contributed by atoms with Gasteiger partial charge in [-0.2, -0.15) is 0 Å². The fourth-order valence-corrected chi connectivity index (χ4v) is 2.82. The summed E-state index contributed by atoms with van der Waals surface area (Å²) in [6.45, 7) is -0.286. The van der Waals surface area contributed by atoms with Gasteiger partial charge < -0.3 is 19.5 Å². The molecule has 0 radical (unpaired) electrons. The van der Waals surface area contributed by atoms with Gasteiger partial charge in [0.1, 0.15) is 6.54 Å². The average molecular weight is 397 g/mol. The van der Waals surface area contributed by atoms with Crippen molar-refractivity contribution in [1.82, 2.24) is 9.55 Å². The van der Waals surface area contributed by atoms with E-state index in [1.807, 2.05) is 0 Å². The molecule has 3 aromatic rings. The van der Waals surface area contributed by atoms with Crippen LogP contribution in [0.5, 0.6) is 11.5 Å². The van der Waals surface area contributed by atoms with E-state index >= 15 is 0 Å². The van der Waals surface area contributed by atoms with Crippen molar-refractivity contribution in [3.05, 3.63) is 58.6 Å². The number of aromatic nitrogens is 2. The van der Waals surface area contributed by atoms with Crippen molar-refractivity contribution in [2.75, 3.05) is 26.6 Å². The normalized spacial score (nSPS) is 10.4. The number of methoxy groups -OCH3 is 3. The molecular formula is C20H19N3O6. The highest BCUT2D eigenvalue weighted by Gasteiger charge is 2.19. The van der Waals surface area contributed by atoms with Crippen LogP contribution in [-0.2, 0) is 16.1 Å². The van der Waals surface area contributed by atoms with Gasteiger partial charge in [-0.15, -0.1) is 0 Å². The van der Waals surface area contributed by atoms with Crippen molar-refractivity contribution in [3.8, 4) is 11.5 Å². The number of amides is 1. The molecule has 9 heteroatoms. The van der Waals surface area contributed by atoms with Crippen LogP contribution in [0.1, 0.15) is 10.4 Å². The maximum Gasteiger partial charge on any atom is 0.340 e. The number of rotatable bonds is 6. The summed E-state index contributed by atoms with van der Waals surface area (Å²) in [6.07, 6.45) is 1.31. The zero-order valence-corrected chi connectivity index (χ0v) is 16.1. The van der Waals surface area contributed by atoms with Crippen molar-refractivity contribution < 1.29 is 23.8 Å². The highest BCUT2D eigenvalue weighted by atomic mass is 16.5. The molecule has 9 nitrogen and oxygen atoms in total. The number of nitrogens with one attached hydrogen (secondary N) is 1. The second kappa shape index (κ2) is 8.42. The summed E-state index contributed by atoms with van der Waals surface area (Å²) in [5, 5.41) is 3.02. The standard InChI is InChI=1S/C20H19N3O6/c1-27-16-8-13(20(26)29-3)15(9-17(16)28-2)22-18(24)10-23-11-21-14-7-5-4-6-12(14)19(23)25/h4-9,11H,10H2,1-3H3,(H,22,24). The SMILES string of the molecule is COC(=O)c1cc(OC)c(OC)cc1NC(=O)Cn1cnc2ccccc2c1=O. The van der Waals surface area contributed by atoms with E-state index in [1.165, 1.54) is 44.4 Å². The second-order valence-electron chi connectivity index (χ2n) is 5.99. The Morgan fingerprint density at radius 1 is 1.07 bits per heavy atom. The Kier molecular flexibility index (Phi) is 5.77. The van der Waals surface area contributed by atoms with Crippen molar-refractivity contribution in [1.29, 1.82) is 0 Å². The first-order valence-electron chi connectivity index (χ1n) is 8.56. The number of fused-ring (bicyclic) bond motifs is 1. The molecule has 0 atom stereocenters. The first kappa shape index (κ1) is 19.9. The third kappa shape index (κ3) is 4.03. The van der Waals surface area contributed by atoms with Gasteiger partial charge in [0.15, 0.2) is 11.5 Å². The largest absolute Gasteiger partial charge is 0.493 e. The molecular weight excluding hydrogens is 378 g/mol. The van der Waals surface area contributed by atoms with Crippen molar-refractivity contribution in [3.63, 3.8) is 0 Å². The third-order valence-electron chi connectivity index (χ3n) is 4.25. The van der Waals surface area contributed by atoms with Gasteiger partial charge in [0.2, 0.25) is 5.91 Å². The molecule has 0 saturated heterocycles. The minimum absolute atomic E-state index is 0.0856. The number of esters is 1. The Morgan fingerprint density at radius 2 is 1.76 bits per heavy atom. The molecule has 1 N–H and O–H groups in total. The smallest absolute Gasteiger partial charge is 0.340 e. The fourth-order valence-electron chi connectivity index (χ4n) is 2.82. The van der Waals surface area contributed by atoms with Crippen molar-refractivity contribution >= 4 is 28.5 Å². The summed E-state index contributed by atoms with van der Waals surface area (Å²) in [5.74, 6) is -0.562. The molecule has 1 amide bonds. The third-order valence-corrected chi connectivity index (χ3v) is 4.25. The molecule has 0 bridgehead atoms. The summed E-state index contributed by atoms with van der Waals surface area (Å²) in [6, 6.07) is 9.71. The monoisotopic (exact) mass is 397 g/mol. The van der Waals surface area contributed by atoms with Crippen LogP contribution in [0.4, 0.5) is 5.69 Å². The van der Waals surface area contributed by atoms with Gasteiger partial charge in [-0.3, -0.25) is 14.2 Å². The van der Waals surface area contributed by atoms with Crippen LogP contribution in [-0.4, -0.2) is 42.8 Å². The first-order chi connectivity index (χ1) is 14.0.